The largest absolute Gasteiger partial charge is 0.472 e. The molecular formula is C81H158O17P2. The number of phosphoric ester groups is 2. The summed E-state index contributed by atoms with van der Waals surface area (Å²) in [5.74, 6) is -0.442. The van der Waals surface area contributed by atoms with Gasteiger partial charge in [0.2, 0.25) is 0 Å². The van der Waals surface area contributed by atoms with E-state index in [0.717, 1.165) is 115 Å². The Balaban J connectivity index is 5.17. The molecule has 0 radical (unpaired) electrons. The van der Waals surface area contributed by atoms with Gasteiger partial charge < -0.3 is 33.8 Å². The van der Waals surface area contributed by atoms with Crippen molar-refractivity contribution in [3.05, 3.63) is 0 Å². The summed E-state index contributed by atoms with van der Waals surface area (Å²) in [5, 5.41) is 10.6. The fourth-order valence-electron chi connectivity index (χ4n) is 12.5. The van der Waals surface area contributed by atoms with Crippen molar-refractivity contribution >= 4 is 39.5 Å². The van der Waals surface area contributed by atoms with Crippen molar-refractivity contribution in [3.63, 3.8) is 0 Å². The van der Waals surface area contributed by atoms with Crippen LogP contribution in [-0.2, 0) is 65.4 Å². The average Bonchev–Trinajstić information content (AvgIpc) is 0.981. The van der Waals surface area contributed by atoms with Gasteiger partial charge in [0, 0.05) is 25.7 Å². The van der Waals surface area contributed by atoms with E-state index in [2.05, 4.69) is 41.5 Å². The Morgan fingerprint density at radius 1 is 0.290 bits per heavy atom. The number of aliphatic hydroxyl groups excluding tert-OH is 1. The number of hydrogen-bond acceptors (Lipinski definition) is 15. The van der Waals surface area contributed by atoms with Gasteiger partial charge in [-0.1, -0.05) is 375 Å². The number of unbranched alkanes of at least 4 members (excludes halogenated alkanes) is 49. The van der Waals surface area contributed by atoms with Gasteiger partial charge in [0.05, 0.1) is 26.4 Å². The molecule has 0 aromatic rings. The zero-order chi connectivity index (χ0) is 73.5. The third kappa shape index (κ3) is 73.0. The molecule has 3 unspecified atom stereocenters. The van der Waals surface area contributed by atoms with Crippen LogP contribution in [0.3, 0.4) is 0 Å². The minimum absolute atomic E-state index is 0.108. The highest BCUT2D eigenvalue weighted by Crippen LogP contribution is 2.45. The molecule has 594 valence electrons. The number of carbonyl (C=O) groups excluding carboxylic acids is 4. The molecule has 0 spiro atoms. The molecule has 100 heavy (non-hydrogen) atoms. The van der Waals surface area contributed by atoms with Gasteiger partial charge in [-0.05, 0) is 37.5 Å². The second-order valence-electron chi connectivity index (χ2n) is 29.9. The predicted octanol–water partition coefficient (Wildman–Crippen LogP) is 24.3. The van der Waals surface area contributed by atoms with E-state index in [4.69, 9.17) is 37.0 Å². The number of phosphoric acid groups is 2. The summed E-state index contributed by atoms with van der Waals surface area (Å²) in [4.78, 5) is 72.9. The normalized spacial score (nSPS) is 14.2. The van der Waals surface area contributed by atoms with Gasteiger partial charge in [0.1, 0.15) is 19.3 Å². The smallest absolute Gasteiger partial charge is 0.462 e. The summed E-state index contributed by atoms with van der Waals surface area (Å²) < 4.78 is 68.6. The summed E-state index contributed by atoms with van der Waals surface area (Å²) in [5.41, 5.74) is 0. The molecule has 0 aromatic carbocycles. The molecule has 3 N–H and O–H groups in total. The van der Waals surface area contributed by atoms with E-state index < -0.39 is 97.5 Å². The zero-order valence-corrected chi connectivity index (χ0v) is 67.3. The first kappa shape index (κ1) is 98.1. The molecule has 0 aliphatic rings. The van der Waals surface area contributed by atoms with Crippen LogP contribution >= 0.6 is 15.6 Å². The van der Waals surface area contributed by atoms with E-state index in [1.807, 2.05) is 0 Å². The number of esters is 4. The first-order chi connectivity index (χ1) is 48.4. The summed E-state index contributed by atoms with van der Waals surface area (Å²) in [7, 11) is -9.91. The van der Waals surface area contributed by atoms with E-state index in [1.54, 1.807) is 0 Å². The summed E-state index contributed by atoms with van der Waals surface area (Å²) in [6, 6.07) is 0. The molecule has 0 bridgehead atoms. The molecule has 19 heteroatoms. The Kier molecular flexibility index (Phi) is 71.2. The highest BCUT2D eigenvalue weighted by molar-refractivity contribution is 7.47. The van der Waals surface area contributed by atoms with Crippen molar-refractivity contribution < 1.29 is 80.2 Å². The second kappa shape index (κ2) is 72.6. The third-order valence-electron chi connectivity index (χ3n) is 19.3. The maximum Gasteiger partial charge on any atom is 0.472 e. The molecule has 0 aromatic heterocycles. The molecule has 0 amide bonds. The lowest BCUT2D eigenvalue weighted by Crippen LogP contribution is -2.30. The van der Waals surface area contributed by atoms with Gasteiger partial charge in [0.25, 0.3) is 0 Å². The standard InChI is InChI=1S/C81H158O17P2/c1-7-10-12-14-16-17-18-19-30-36-41-47-53-59-65-80(85)97-76(69-91-78(83)63-57-51-43-15-13-11-8-2)71-95-99(87,88)93-67-75(82)68-94-100(89,90)96-72-77(70-92-79(84)64-58-52-46-40-35-31-27-26-29-34-39-45-50-56-62-74(6)9-3)98-81(86)66-60-54-48-42-37-32-25-23-21-20-22-24-28-33-38-44-49-55-61-73(4)5/h73-77,82H,7-72H2,1-6H3,(H,87,88)(H,89,90)/t74?,75-,76+,77+/m0/s1. The minimum atomic E-state index is -4.96. The predicted molar refractivity (Wildman–Crippen MR) is 409 cm³/mol. The Bertz CT molecular complexity index is 1930. The Morgan fingerprint density at radius 2 is 0.510 bits per heavy atom. The third-order valence-corrected chi connectivity index (χ3v) is 21.2. The lowest BCUT2D eigenvalue weighted by Gasteiger charge is -2.21. The monoisotopic (exact) mass is 1470 g/mol. The van der Waals surface area contributed by atoms with Crippen LogP contribution in [0.2, 0.25) is 0 Å². The van der Waals surface area contributed by atoms with Crippen LogP contribution < -0.4 is 0 Å². The minimum Gasteiger partial charge on any atom is -0.462 e. The molecule has 6 atom stereocenters. The topological polar surface area (TPSA) is 237 Å². The van der Waals surface area contributed by atoms with Crippen LogP contribution in [-0.4, -0.2) is 96.7 Å². The lowest BCUT2D eigenvalue weighted by molar-refractivity contribution is -0.161. The van der Waals surface area contributed by atoms with Crippen molar-refractivity contribution in [2.75, 3.05) is 39.6 Å². The molecule has 0 fully saturated rings. The van der Waals surface area contributed by atoms with Gasteiger partial charge in [0.15, 0.2) is 12.2 Å². The quantitative estimate of drug-likeness (QED) is 0.0222. The van der Waals surface area contributed by atoms with Crippen molar-refractivity contribution in [2.24, 2.45) is 11.8 Å². The first-order valence-corrected chi connectivity index (χ1v) is 45.0. The SMILES string of the molecule is CCCCCCCCCCCCCCCCC(=O)O[C@H](COC(=O)CCCCCCCCC)COP(=O)(O)OC[C@H](O)COP(=O)(O)OC[C@@H](COC(=O)CCCCCCCCCCCCCCCCC(C)CC)OC(=O)CCCCCCCCCCCCCCCCCCCCC(C)C. The van der Waals surface area contributed by atoms with Gasteiger partial charge in [-0.25, -0.2) is 9.13 Å². The fourth-order valence-corrected chi connectivity index (χ4v) is 14.1. The maximum absolute atomic E-state index is 13.1. The van der Waals surface area contributed by atoms with Crippen molar-refractivity contribution in [1.82, 2.24) is 0 Å². The van der Waals surface area contributed by atoms with Crippen LogP contribution in [0.5, 0.6) is 0 Å². The molecule has 0 aliphatic heterocycles. The molecule has 0 saturated carbocycles. The highest BCUT2D eigenvalue weighted by atomic mass is 31.2. The Labute approximate surface area is 613 Å². The highest BCUT2D eigenvalue weighted by Gasteiger charge is 2.30. The first-order valence-electron chi connectivity index (χ1n) is 42.0. The zero-order valence-electron chi connectivity index (χ0n) is 65.5. The van der Waals surface area contributed by atoms with Crippen LogP contribution in [0.1, 0.15) is 427 Å². The second-order valence-corrected chi connectivity index (χ2v) is 32.8. The van der Waals surface area contributed by atoms with E-state index in [1.165, 1.54) is 231 Å². The molecular weight excluding hydrogens is 1310 g/mol. The molecule has 0 rings (SSSR count). The van der Waals surface area contributed by atoms with Crippen LogP contribution in [0.15, 0.2) is 0 Å². The molecule has 0 aliphatic carbocycles. The number of carbonyl (C=O) groups is 4. The number of hydrogen-bond donors (Lipinski definition) is 3. The Morgan fingerprint density at radius 3 is 0.760 bits per heavy atom. The van der Waals surface area contributed by atoms with E-state index in [0.29, 0.717) is 25.7 Å². The van der Waals surface area contributed by atoms with E-state index >= 15 is 0 Å². The van der Waals surface area contributed by atoms with E-state index in [-0.39, 0.29) is 25.7 Å². The van der Waals surface area contributed by atoms with Crippen LogP contribution in [0, 0.1) is 11.8 Å². The maximum atomic E-state index is 13.1. The van der Waals surface area contributed by atoms with E-state index in [9.17, 15) is 43.2 Å². The summed E-state index contributed by atoms with van der Waals surface area (Å²) in [6.07, 6.45) is 62.5. The molecule has 0 saturated heterocycles. The average molecular weight is 1470 g/mol. The summed E-state index contributed by atoms with van der Waals surface area (Å²) in [6.45, 7) is 9.69. The van der Waals surface area contributed by atoms with Crippen LogP contribution in [0.25, 0.3) is 0 Å². The number of ether oxygens (including phenoxy) is 4. The number of rotatable bonds is 80. The molecule has 0 heterocycles. The van der Waals surface area contributed by atoms with Crippen LogP contribution in [0.4, 0.5) is 0 Å². The van der Waals surface area contributed by atoms with Crippen molar-refractivity contribution in [2.45, 2.75) is 445 Å². The number of aliphatic hydroxyl groups is 1. The van der Waals surface area contributed by atoms with Gasteiger partial charge in [-0.3, -0.25) is 37.3 Å². The molecule has 17 nitrogen and oxygen atoms in total. The Hall–Kier alpha value is -1.94. The van der Waals surface area contributed by atoms with Crippen molar-refractivity contribution in [3.8, 4) is 0 Å². The van der Waals surface area contributed by atoms with Gasteiger partial charge in [-0.15, -0.1) is 0 Å². The fraction of sp³-hybridized carbons (Fsp3) is 0.951. The summed E-state index contributed by atoms with van der Waals surface area (Å²) >= 11 is 0. The lowest BCUT2D eigenvalue weighted by atomic mass is 9.99. The van der Waals surface area contributed by atoms with Crippen molar-refractivity contribution in [1.29, 1.82) is 0 Å². The van der Waals surface area contributed by atoms with Gasteiger partial charge >= 0.3 is 39.5 Å². The van der Waals surface area contributed by atoms with Gasteiger partial charge in [-0.2, -0.15) is 0 Å².